The molecule has 0 unspecified atom stereocenters. The quantitative estimate of drug-likeness (QED) is 0.505. The van der Waals surface area contributed by atoms with E-state index in [1.165, 1.54) is 0 Å². The van der Waals surface area contributed by atoms with E-state index in [1.54, 1.807) is 67.4 Å². The van der Waals surface area contributed by atoms with Gasteiger partial charge in [-0.3, -0.25) is 9.52 Å². The van der Waals surface area contributed by atoms with Gasteiger partial charge in [0.25, 0.3) is 15.9 Å². The number of benzene rings is 2. The lowest BCUT2D eigenvalue weighted by Crippen LogP contribution is -2.25. The summed E-state index contributed by atoms with van der Waals surface area (Å²) < 4.78 is 32.3. The molecule has 140 valence electrons. The van der Waals surface area contributed by atoms with Crippen molar-refractivity contribution < 1.29 is 17.9 Å². The van der Waals surface area contributed by atoms with Crippen molar-refractivity contribution in [3.8, 4) is 0 Å². The lowest BCUT2D eigenvalue weighted by atomic mass is 10.2. The van der Waals surface area contributed by atoms with Gasteiger partial charge in [0.05, 0.1) is 4.90 Å². The van der Waals surface area contributed by atoms with E-state index in [4.69, 9.17) is 4.74 Å². The Morgan fingerprint density at radius 1 is 1.08 bits per heavy atom. The summed E-state index contributed by atoms with van der Waals surface area (Å²) in [6.07, 6.45) is 2.66. The van der Waals surface area contributed by atoms with Crippen LogP contribution in [0, 0.1) is 0 Å². The van der Waals surface area contributed by atoms with Gasteiger partial charge in [-0.05, 0) is 61.2 Å². The average Bonchev–Trinajstić information content (AvgIpc) is 2.65. The third-order valence-electron chi connectivity index (χ3n) is 3.58. The predicted octanol–water partition coefficient (Wildman–Crippen LogP) is 2.98. The van der Waals surface area contributed by atoms with Crippen LogP contribution in [0.5, 0.6) is 0 Å². The van der Waals surface area contributed by atoms with Crippen LogP contribution in [0.1, 0.15) is 16.8 Å². The number of rotatable bonds is 9. The van der Waals surface area contributed by atoms with Gasteiger partial charge in [-0.1, -0.05) is 0 Å². The van der Waals surface area contributed by atoms with Crippen LogP contribution in [-0.2, 0) is 14.8 Å². The summed E-state index contributed by atoms with van der Waals surface area (Å²) in [7, 11) is -2.06. The van der Waals surface area contributed by atoms with Gasteiger partial charge >= 0.3 is 0 Å². The van der Waals surface area contributed by atoms with Gasteiger partial charge < -0.3 is 10.1 Å². The van der Waals surface area contributed by atoms with Gasteiger partial charge in [0, 0.05) is 36.4 Å². The molecular weight excluding hydrogens is 372 g/mol. The lowest BCUT2D eigenvalue weighted by Gasteiger charge is -2.10. The van der Waals surface area contributed by atoms with Crippen LogP contribution in [0.25, 0.3) is 0 Å². The molecule has 0 fully saturated rings. The van der Waals surface area contributed by atoms with Crippen molar-refractivity contribution in [1.29, 1.82) is 0 Å². The first kappa shape index (κ1) is 20.3. The van der Waals surface area contributed by atoms with Crippen molar-refractivity contribution in [2.75, 3.05) is 31.2 Å². The topological polar surface area (TPSA) is 84.5 Å². The fourth-order valence-corrected chi connectivity index (χ4v) is 3.65. The number of carbonyl (C=O) groups excluding carboxylic acids is 1. The molecule has 2 rings (SSSR count). The zero-order valence-corrected chi connectivity index (χ0v) is 16.3. The number of amides is 1. The molecule has 0 saturated heterocycles. The minimum absolute atomic E-state index is 0.190. The largest absolute Gasteiger partial charge is 0.385 e. The third-order valence-corrected chi connectivity index (χ3v) is 5.72. The Bertz CT molecular complexity index is 819. The summed E-state index contributed by atoms with van der Waals surface area (Å²) in [6, 6.07) is 13.0. The average molecular weight is 395 g/mol. The number of anilines is 1. The van der Waals surface area contributed by atoms with Crippen LogP contribution >= 0.6 is 11.8 Å². The smallest absolute Gasteiger partial charge is 0.261 e. The van der Waals surface area contributed by atoms with Gasteiger partial charge in [0.1, 0.15) is 0 Å². The maximum Gasteiger partial charge on any atom is 0.261 e. The summed E-state index contributed by atoms with van der Waals surface area (Å²) in [5, 5.41) is 2.78. The van der Waals surface area contributed by atoms with Crippen LogP contribution < -0.4 is 10.0 Å². The number of carbonyl (C=O) groups is 1. The monoisotopic (exact) mass is 394 g/mol. The second-order valence-corrected chi connectivity index (χ2v) is 8.02. The number of hydrogen-bond acceptors (Lipinski definition) is 5. The zero-order chi connectivity index (χ0) is 19.0. The molecule has 0 radical (unpaired) electrons. The highest BCUT2D eigenvalue weighted by Gasteiger charge is 2.14. The Labute approximate surface area is 158 Å². The highest BCUT2D eigenvalue weighted by atomic mass is 32.2. The Morgan fingerprint density at radius 2 is 1.73 bits per heavy atom. The van der Waals surface area contributed by atoms with Gasteiger partial charge in [-0.15, -0.1) is 11.8 Å². The van der Waals surface area contributed by atoms with E-state index in [0.717, 1.165) is 11.3 Å². The number of methoxy groups -OCH3 is 1. The number of thioether (sulfide) groups is 1. The van der Waals surface area contributed by atoms with Gasteiger partial charge in [-0.2, -0.15) is 0 Å². The van der Waals surface area contributed by atoms with Crippen LogP contribution in [-0.4, -0.2) is 40.8 Å². The summed E-state index contributed by atoms with van der Waals surface area (Å²) in [4.78, 5) is 13.2. The molecular formula is C18H22N2O4S2. The van der Waals surface area contributed by atoms with Crippen LogP contribution in [0.2, 0.25) is 0 Å². The molecule has 0 atom stereocenters. The molecule has 1 amide bonds. The maximum atomic E-state index is 12.4. The molecule has 0 aromatic heterocycles. The zero-order valence-electron chi connectivity index (χ0n) is 14.7. The Hall–Kier alpha value is -2.03. The van der Waals surface area contributed by atoms with E-state index in [1.807, 2.05) is 6.26 Å². The Kier molecular flexibility index (Phi) is 7.50. The SMILES string of the molecule is COCCCNC(=O)c1ccc(NS(=O)(=O)c2ccc(SC)cc2)cc1. The highest BCUT2D eigenvalue weighted by Crippen LogP contribution is 2.20. The molecule has 2 aromatic carbocycles. The van der Waals surface area contributed by atoms with Crippen LogP contribution in [0.15, 0.2) is 58.3 Å². The van der Waals surface area contributed by atoms with E-state index in [2.05, 4.69) is 10.0 Å². The molecule has 0 aliphatic rings. The lowest BCUT2D eigenvalue weighted by molar-refractivity contribution is 0.0948. The van der Waals surface area contributed by atoms with Crippen molar-refractivity contribution >= 4 is 33.4 Å². The van der Waals surface area contributed by atoms with Gasteiger partial charge in [0.2, 0.25) is 0 Å². The normalized spacial score (nSPS) is 11.2. The molecule has 8 heteroatoms. The summed E-state index contributed by atoms with van der Waals surface area (Å²) in [5.41, 5.74) is 0.865. The van der Waals surface area contributed by atoms with Gasteiger partial charge in [-0.25, -0.2) is 8.42 Å². The first-order chi connectivity index (χ1) is 12.5. The third kappa shape index (κ3) is 5.76. The fraction of sp³-hybridized carbons (Fsp3) is 0.278. The van der Waals surface area contributed by atoms with Gasteiger partial charge in [0.15, 0.2) is 0 Å². The molecule has 2 N–H and O–H groups in total. The number of nitrogens with one attached hydrogen (secondary N) is 2. The molecule has 0 bridgehead atoms. The molecule has 0 aliphatic heterocycles. The molecule has 2 aromatic rings. The number of ether oxygens (including phenoxy) is 1. The van der Waals surface area contributed by atoms with E-state index >= 15 is 0 Å². The molecule has 0 saturated carbocycles. The Morgan fingerprint density at radius 3 is 2.31 bits per heavy atom. The minimum Gasteiger partial charge on any atom is -0.385 e. The second-order valence-electron chi connectivity index (χ2n) is 5.46. The summed E-state index contributed by atoms with van der Waals surface area (Å²) in [5.74, 6) is -0.205. The molecule has 26 heavy (non-hydrogen) atoms. The highest BCUT2D eigenvalue weighted by molar-refractivity contribution is 7.98. The van der Waals surface area contributed by atoms with Crippen molar-refractivity contribution in [3.63, 3.8) is 0 Å². The van der Waals surface area contributed by atoms with E-state index < -0.39 is 10.0 Å². The van der Waals surface area contributed by atoms with E-state index in [0.29, 0.717) is 24.4 Å². The van der Waals surface area contributed by atoms with E-state index in [9.17, 15) is 13.2 Å². The first-order valence-corrected chi connectivity index (χ1v) is 10.7. The van der Waals surface area contributed by atoms with E-state index in [-0.39, 0.29) is 10.8 Å². The van der Waals surface area contributed by atoms with Crippen LogP contribution in [0.4, 0.5) is 5.69 Å². The predicted molar refractivity (Wildman–Crippen MR) is 104 cm³/mol. The maximum absolute atomic E-state index is 12.4. The number of hydrogen-bond donors (Lipinski definition) is 2. The molecule has 0 aliphatic carbocycles. The molecule has 0 spiro atoms. The first-order valence-electron chi connectivity index (χ1n) is 8.00. The molecule has 6 nitrogen and oxygen atoms in total. The second kappa shape index (κ2) is 9.61. The van der Waals surface area contributed by atoms with Crippen molar-refractivity contribution in [1.82, 2.24) is 5.32 Å². The van der Waals surface area contributed by atoms with Crippen molar-refractivity contribution in [2.24, 2.45) is 0 Å². The standard InChI is InChI=1S/C18H22N2O4S2/c1-24-13-3-12-19-18(21)14-4-6-15(7-5-14)20-26(22,23)17-10-8-16(25-2)9-11-17/h4-11,20H,3,12-13H2,1-2H3,(H,19,21). The van der Waals surface area contributed by atoms with Crippen molar-refractivity contribution in [3.05, 3.63) is 54.1 Å². The summed E-state index contributed by atoms with van der Waals surface area (Å²) >= 11 is 1.54. The molecule has 0 heterocycles. The summed E-state index contributed by atoms with van der Waals surface area (Å²) in [6.45, 7) is 1.10. The number of sulfonamides is 1. The Balaban J connectivity index is 2.00. The van der Waals surface area contributed by atoms with Crippen LogP contribution in [0.3, 0.4) is 0 Å². The van der Waals surface area contributed by atoms with Crippen molar-refractivity contribution in [2.45, 2.75) is 16.2 Å². The minimum atomic E-state index is -3.67. The fourth-order valence-electron chi connectivity index (χ4n) is 2.18.